The minimum Gasteiger partial charge on any atom is -0.497 e. The minimum atomic E-state index is -0.160. The van der Waals surface area contributed by atoms with Crippen LogP contribution in [0.15, 0.2) is 85.2 Å². The first-order valence-electron chi connectivity index (χ1n) is 12.9. The molecule has 192 valence electrons. The molecule has 1 aliphatic rings. The first-order valence-corrected chi connectivity index (χ1v) is 12.9. The number of nitrogens with zero attached hydrogens (tertiary/aromatic N) is 4. The van der Waals surface area contributed by atoms with Crippen LogP contribution in [0.3, 0.4) is 0 Å². The van der Waals surface area contributed by atoms with E-state index < -0.39 is 0 Å². The van der Waals surface area contributed by atoms with Crippen molar-refractivity contribution in [3.63, 3.8) is 0 Å². The molecule has 0 saturated carbocycles. The molecule has 4 aromatic carbocycles. The maximum absolute atomic E-state index is 6.51. The van der Waals surface area contributed by atoms with Crippen LogP contribution < -0.4 is 14.2 Å². The monoisotopic (exact) mass is 514 g/mol. The molecule has 0 saturated heterocycles. The number of ether oxygens (including phenoxy) is 3. The van der Waals surface area contributed by atoms with Crippen molar-refractivity contribution in [3.8, 4) is 23.1 Å². The number of methoxy groups -OCH3 is 1. The van der Waals surface area contributed by atoms with Gasteiger partial charge in [-0.2, -0.15) is 0 Å². The summed E-state index contributed by atoms with van der Waals surface area (Å²) >= 11 is 0. The van der Waals surface area contributed by atoms with E-state index in [0.717, 1.165) is 50.3 Å². The Labute approximate surface area is 225 Å². The third-order valence-corrected chi connectivity index (χ3v) is 7.50. The van der Waals surface area contributed by atoms with Gasteiger partial charge in [0.05, 0.1) is 12.7 Å². The van der Waals surface area contributed by atoms with Gasteiger partial charge in [-0.25, -0.2) is 14.5 Å². The van der Waals surface area contributed by atoms with Crippen molar-refractivity contribution in [1.82, 2.24) is 19.6 Å². The van der Waals surface area contributed by atoms with Gasteiger partial charge < -0.3 is 14.2 Å². The van der Waals surface area contributed by atoms with Crippen LogP contribution >= 0.6 is 0 Å². The van der Waals surface area contributed by atoms with Gasteiger partial charge in [-0.1, -0.05) is 60.7 Å². The normalized spacial score (nSPS) is 14.1. The predicted octanol–water partition coefficient (Wildman–Crippen LogP) is 6.77. The first-order chi connectivity index (χ1) is 19.1. The van der Waals surface area contributed by atoms with Crippen LogP contribution in [0, 0.1) is 13.8 Å². The van der Waals surface area contributed by atoms with E-state index in [1.165, 1.54) is 5.56 Å². The summed E-state index contributed by atoms with van der Waals surface area (Å²) in [6.07, 6.45) is 1.66. The maximum Gasteiger partial charge on any atom is 0.228 e. The molecule has 0 bridgehead atoms. The van der Waals surface area contributed by atoms with Crippen LogP contribution in [0.4, 0.5) is 0 Å². The van der Waals surface area contributed by atoms with E-state index in [2.05, 4.69) is 56.3 Å². The second kappa shape index (κ2) is 9.13. The molecular weight excluding hydrogens is 488 g/mol. The van der Waals surface area contributed by atoms with Crippen molar-refractivity contribution in [2.75, 3.05) is 7.11 Å². The number of hydrogen-bond acceptors (Lipinski definition) is 6. The molecule has 7 rings (SSSR count). The lowest BCUT2D eigenvalue weighted by Gasteiger charge is -2.28. The molecule has 7 heteroatoms. The molecular formula is C32H26N4O3. The second-order valence-electron chi connectivity index (χ2n) is 9.76. The SMILES string of the molecule is COc1ccc([C@@H]2c3ccc4ccccc4c3Oc3ncn4nc(COc5cccc(C)c5C)nc4c32)cc1. The number of rotatable bonds is 5. The Morgan fingerprint density at radius 1 is 0.923 bits per heavy atom. The third kappa shape index (κ3) is 3.85. The second-order valence-corrected chi connectivity index (χ2v) is 9.76. The van der Waals surface area contributed by atoms with E-state index in [9.17, 15) is 0 Å². The topological polar surface area (TPSA) is 70.8 Å². The summed E-state index contributed by atoms with van der Waals surface area (Å²) in [7, 11) is 1.67. The van der Waals surface area contributed by atoms with Crippen molar-refractivity contribution in [1.29, 1.82) is 0 Å². The van der Waals surface area contributed by atoms with Crippen LogP contribution in [0.25, 0.3) is 16.4 Å². The van der Waals surface area contributed by atoms with Gasteiger partial charge >= 0.3 is 0 Å². The molecule has 1 atom stereocenters. The van der Waals surface area contributed by atoms with E-state index in [1.807, 2.05) is 36.4 Å². The fourth-order valence-corrected chi connectivity index (χ4v) is 5.32. The predicted molar refractivity (Wildman–Crippen MR) is 149 cm³/mol. The Kier molecular flexibility index (Phi) is 5.44. The molecule has 2 aromatic heterocycles. The lowest BCUT2D eigenvalue weighted by atomic mass is 9.83. The summed E-state index contributed by atoms with van der Waals surface area (Å²) < 4.78 is 19.8. The summed E-state index contributed by atoms with van der Waals surface area (Å²) in [5.41, 5.74) is 5.99. The van der Waals surface area contributed by atoms with Gasteiger partial charge in [-0.3, -0.25) is 0 Å². The average Bonchev–Trinajstić information content (AvgIpc) is 3.40. The van der Waals surface area contributed by atoms with Gasteiger partial charge in [0.15, 0.2) is 11.5 Å². The number of aryl methyl sites for hydroxylation is 1. The summed E-state index contributed by atoms with van der Waals surface area (Å²) in [6, 6.07) is 26.7. The molecule has 0 spiro atoms. The van der Waals surface area contributed by atoms with Gasteiger partial charge in [-0.05, 0) is 54.1 Å². The molecule has 7 nitrogen and oxygen atoms in total. The Morgan fingerprint density at radius 3 is 2.62 bits per heavy atom. The van der Waals surface area contributed by atoms with Crippen molar-refractivity contribution >= 4 is 16.4 Å². The fourth-order valence-electron chi connectivity index (χ4n) is 5.32. The van der Waals surface area contributed by atoms with Gasteiger partial charge in [0.1, 0.15) is 30.2 Å². The smallest absolute Gasteiger partial charge is 0.228 e. The zero-order chi connectivity index (χ0) is 26.5. The molecule has 0 radical (unpaired) electrons. The van der Waals surface area contributed by atoms with Gasteiger partial charge in [0.2, 0.25) is 5.88 Å². The molecule has 1 aliphatic heterocycles. The van der Waals surface area contributed by atoms with E-state index >= 15 is 0 Å². The van der Waals surface area contributed by atoms with Gasteiger partial charge in [0.25, 0.3) is 0 Å². The average molecular weight is 515 g/mol. The van der Waals surface area contributed by atoms with Crippen molar-refractivity contribution in [2.24, 2.45) is 0 Å². The highest BCUT2D eigenvalue weighted by Crippen LogP contribution is 2.50. The summed E-state index contributed by atoms with van der Waals surface area (Å²) in [5.74, 6) is 3.39. The Morgan fingerprint density at radius 2 is 1.77 bits per heavy atom. The van der Waals surface area contributed by atoms with E-state index in [4.69, 9.17) is 29.3 Å². The largest absolute Gasteiger partial charge is 0.497 e. The molecule has 6 aromatic rings. The number of fused-ring (bicyclic) bond motifs is 6. The fraction of sp³-hybridized carbons (Fsp3) is 0.156. The zero-order valence-electron chi connectivity index (χ0n) is 21.9. The van der Waals surface area contributed by atoms with Crippen molar-refractivity contribution in [3.05, 3.63) is 119 Å². The lowest BCUT2D eigenvalue weighted by Crippen LogP contribution is -2.15. The Hall–Kier alpha value is -4.91. The van der Waals surface area contributed by atoms with Crippen LogP contribution in [0.2, 0.25) is 0 Å². The highest BCUT2D eigenvalue weighted by atomic mass is 16.5. The van der Waals surface area contributed by atoms with E-state index in [-0.39, 0.29) is 12.5 Å². The lowest BCUT2D eigenvalue weighted by molar-refractivity contribution is 0.294. The molecule has 0 unspecified atom stereocenters. The molecule has 3 heterocycles. The number of aromatic nitrogens is 4. The van der Waals surface area contributed by atoms with Crippen molar-refractivity contribution in [2.45, 2.75) is 26.4 Å². The van der Waals surface area contributed by atoms with Crippen molar-refractivity contribution < 1.29 is 14.2 Å². The molecule has 0 amide bonds. The van der Waals surface area contributed by atoms with Crippen LogP contribution in [-0.2, 0) is 6.61 Å². The Bertz CT molecular complexity index is 1860. The zero-order valence-corrected chi connectivity index (χ0v) is 21.9. The quantitative estimate of drug-likeness (QED) is 0.253. The minimum absolute atomic E-state index is 0.160. The maximum atomic E-state index is 6.51. The molecule has 0 N–H and O–H groups in total. The van der Waals surface area contributed by atoms with Gasteiger partial charge in [-0.15, -0.1) is 5.10 Å². The van der Waals surface area contributed by atoms with E-state index in [0.29, 0.717) is 17.4 Å². The third-order valence-electron chi connectivity index (χ3n) is 7.50. The number of hydrogen-bond donors (Lipinski definition) is 0. The first kappa shape index (κ1) is 23.2. The van der Waals surface area contributed by atoms with Crippen LogP contribution in [-0.4, -0.2) is 26.7 Å². The van der Waals surface area contributed by atoms with Crippen LogP contribution in [0.1, 0.15) is 39.6 Å². The summed E-state index contributed by atoms with van der Waals surface area (Å²) in [6.45, 7) is 4.37. The highest BCUT2D eigenvalue weighted by Gasteiger charge is 2.34. The molecule has 39 heavy (non-hydrogen) atoms. The standard InChI is InChI=1S/C32H26N4O3/c1-19-7-6-10-26(20(19)2)38-17-27-34-31-29-28(22-11-14-23(37-3)15-12-22)25-16-13-21-8-4-5-9-24(21)30(25)39-32(29)33-18-36(31)35-27/h4-16,18,28H,17H2,1-3H3/t28-/m1/s1. The van der Waals surface area contributed by atoms with Crippen LogP contribution in [0.5, 0.6) is 23.1 Å². The molecule has 0 aliphatic carbocycles. The highest BCUT2D eigenvalue weighted by molar-refractivity contribution is 5.91. The number of benzene rings is 4. The summed E-state index contributed by atoms with van der Waals surface area (Å²) in [5, 5.41) is 6.85. The summed E-state index contributed by atoms with van der Waals surface area (Å²) in [4.78, 5) is 9.61. The molecule has 0 fully saturated rings. The van der Waals surface area contributed by atoms with E-state index in [1.54, 1.807) is 18.0 Å². The Balaban J connectivity index is 1.37. The van der Waals surface area contributed by atoms with Gasteiger partial charge in [0, 0.05) is 16.9 Å².